The molecular formula is C22H25N3O5. The molecule has 2 heterocycles. The SMILES string of the molecule is C[C@@H](C(=O)Nc1ccccc1[N+](=O)[O-])N1CCC[C@@H]1c1ccc2c(c1)OCCCO2. The second kappa shape index (κ2) is 8.71. The van der Waals surface area contributed by atoms with Gasteiger partial charge >= 0.3 is 0 Å². The lowest BCUT2D eigenvalue weighted by atomic mass is 10.0. The summed E-state index contributed by atoms with van der Waals surface area (Å²) in [6.07, 6.45) is 2.76. The number of fused-ring (bicyclic) bond motifs is 1. The third-order valence-electron chi connectivity index (χ3n) is 5.69. The topological polar surface area (TPSA) is 93.9 Å². The molecule has 1 amide bonds. The molecule has 8 heteroatoms. The summed E-state index contributed by atoms with van der Waals surface area (Å²) in [6.45, 7) is 3.89. The standard InChI is InChI=1S/C22H25N3O5/c1-15(22(26)23-17-6-2-3-7-19(17)25(27)28)24-11-4-8-18(24)16-9-10-20-21(14-16)30-13-5-12-29-20/h2-3,6-7,9-10,14-15,18H,4-5,8,11-13H2,1H3,(H,23,26)/t15-,18+/m0/s1. The lowest BCUT2D eigenvalue weighted by molar-refractivity contribution is -0.383. The Labute approximate surface area is 174 Å². The highest BCUT2D eigenvalue weighted by Crippen LogP contribution is 2.39. The van der Waals surface area contributed by atoms with Gasteiger partial charge in [-0.2, -0.15) is 0 Å². The van der Waals surface area contributed by atoms with E-state index in [1.807, 2.05) is 25.1 Å². The number of benzene rings is 2. The number of rotatable bonds is 5. The van der Waals surface area contributed by atoms with Gasteiger partial charge < -0.3 is 14.8 Å². The zero-order valence-electron chi connectivity index (χ0n) is 16.9. The molecule has 0 bridgehead atoms. The number of amides is 1. The molecule has 0 saturated carbocycles. The number of ether oxygens (including phenoxy) is 2. The van der Waals surface area contributed by atoms with Crippen LogP contribution in [0.25, 0.3) is 0 Å². The highest BCUT2D eigenvalue weighted by molar-refractivity contribution is 5.96. The molecule has 0 aliphatic carbocycles. The fourth-order valence-corrected chi connectivity index (χ4v) is 4.12. The number of anilines is 1. The van der Waals surface area contributed by atoms with E-state index < -0.39 is 11.0 Å². The first-order valence-corrected chi connectivity index (χ1v) is 10.2. The van der Waals surface area contributed by atoms with Crippen molar-refractivity contribution >= 4 is 17.3 Å². The van der Waals surface area contributed by atoms with E-state index in [2.05, 4.69) is 10.2 Å². The van der Waals surface area contributed by atoms with Crippen LogP contribution >= 0.6 is 0 Å². The van der Waals surface area contributed by atoms with Gasteiger partial charge in [-0.15, -0.1) is 0 Å². The Morgan fingerprint density at radius 2 is 1.93 bits per heavy atom. The summed E-state index contributed by atoms with van der Waals surface area (Å²) in [6, 6.07) is 11.8. The number of nitro groups is 1. The summed E-state index contributed by atoms with van der Waals surface area (Å²) in [5, 5.41) is 14.0. The summed E-state index contributed by atoms with van der Waals surface area (Å²) >= 11 is 0. The van der Waals surface area contributed by atoms with Crippen molar-refractivity contribution in [1.82, 2.24) is 4.90 Å². The number of hydrogen-bond acceptors (Lipinski definition) is 6. The largest absolute Gasteiger partial charge is 0.490 e. The Bertz CT molecular complexity index is 948. The van der Waals surface area contributed by atoms with Crippen molar-refractivity contribution in [3.63, 3.8) is 0 Å². The van der Waals surface area contributed by atoms with Gasteiger partial charge in [-0.1, -0.05) is 18.2 Å². The summed E-state index contributed by atoms with van der Waals surface area (Å²) < 4.78 is 11.5. The maximum atomic E-state index is 12.9. The molecule has 0 radical (unpaired) electrons. The van der Waals surface area contributed by atoms with Crippen molar-refractivity contribution in [3.8, 4) is 11.5 Å². The fraction of sp³-hybridized carbons (Fsp3) is 0.409. The number of nitrogens with zero attached hydrogens (tertiary/aromatic N) is 2. The number of carbonyl (C=O) groups excluding carboxylic acids is 1. The fourth-order valence-electron chi connectivity index (χ4n) is 4.12. The van der Waals surface area contributed by atoms with Crippen LogP contribution in [0.4, 0.5) is 11.4 Å². The Hall–Kier alpha value is -3.13. The van der Waals surface area contributed by atoms with E-state index in [1.54, 1.807) is 18.2 Å². The first kappa shape index (κ1) is 20.2. The van der Waals surface area contributed by atoms with Crippen LogP contribution in [0.1, 0.15) is 37.8 Å². The Morgan fingerprint density at radius 3 is 2.73 bits per heavy atom. The van der Waals surface area contributed by atoms with Crippen molar-refractivity contribution < 1.29 is 19.2 Å². The zero-order chi connectivity index (χ0) is 21.1. The van der Waals surface area contributed by atoms with Gasteiger partial charge in [0.15, 0.2) is 11.5 Å². The molecule has 1 N–H and O–H groups in total. The van der Waals surface area contributed by atoms with E-state index in [9.17, 15) is 14.9 Å². The Morgan fingerprint density at radius 1 is 1.17 bits per heavy atom. The van der Waals surface area contributed by atoms with Gasteiger partial charge in [-0.25, -0.2) is 0 Å². The molecule has 0 unspecified atom stereocenters. The van der Waals surface area contributed by atoms with E-state index in [1.165, 1.54) is 6.07 Å². The monoisotopic (exact) mass is 411 g/mol. The summed E-state index contributed by atoms with van der Waals surface area (Å²) in [5.41, 5.74) is 1.19. The molecule has 158 valence electrons. The zero-order valence-corrected chi connectivity index (χ0v) is 16.9. The summed E-state index contributed by atoms with van der Waals surface area (Å²) in [7, 11) is 0. The highest BCUT2D eigenvalue weighted by Gasteiger charge is 2.34. The van der Waals surface area contributed by atoms with Crippen LogP contribution < -0.4 is 14.8 Å². The smallest absolute Gasteiger partial charge is 0.292 e. The van der Waals surface area contributed by atoms with E-state index in [0.717, 1.165) is 42.9 Å². The van der Waals surface area contributed by atoms with Gasteiger partial charge in [0.2, 0.25) is 5.91 Å². The van der Waals surface area contributed by atoms with Gasteiger partial charge in [0, 0.05) is 18.5 Å². The highest BCUT2D eigenvalue weighted by atomic mass is 16.6. The molecule has 0 aromatic heterocycles. The molecule has 30 heavy (non-hydrogen) atoms. The molecule has 4 rings (SSSR count). The van der Waals surface area contributed by atoms with E-state index in [0.29, 0.717) is 13.2 Å². The molecule has 8 nitrogen and oxygen atoms in total. The molecule has 0 spiro atoms. The summed E-state index contributed by atoms with van der Waals surface area (Å²) in [4.78, 5) is 25.8. The first-order chi connectivity index (χ1) is 14.5. The minimum absolute atomic E-state index is 0.0775. The maximum Gasteiger partial charge on any atom is 0.292 e. The number of likely N-dealkylation sites (tertiary alicyclic amines) is 1. The number of nitrogens with one attached hydrogen (secondary N) is 1. The second-order valence-corrected chi connectivity index (χ2v) is 7.59. The Kier molecular flexibility index (Phi) is 5.85. The number of nitro benzene ring substituents is 1. The van der Waals surface area contributed by atoms with E-state index in [4.69, 9.17) is 9.47 Å². The quantitative estimate of drug-likeness (QED) is 0.592. The molecule has 1 fully saturated rings. The van der Waals surface area contributed by atoms with Crippen LogP contribution in [0.15, 0.2) is 42.5 Å². The van der Waals surface area contributed by atoms with Crippen molar-refractivity contribution in [2.75, 3.05) is 25.1 Å². The molecule has 1 saturated heterocycles. The van der Waals surface area contributed by atoms with Crippen molar-refractivity contribution in [1.29, 1.82) is 0 Å². The minimum Gasteiger partial charge on any atom is -0.490 e. The van der Waals surface area contributed by atoms with E-state index in [-0.39, 0.29) is 23.3 Å². The lowest BCUT2D eigenvalue weighted by Gasteiger charge is -2.30. The normalized spacial score (nSPS) is 19.7. The van der Waals surface area contributed by atoms with Crippen LogP contribution in [0.2, 0.25) is 0 Å². The van der Waals surface area contributed by atoms with Crippen LogP contribution in [0.5, 0.6) is 11.5 Å². The number of carbonyl (C=O) groups is 1. The average molecular weight is 411 g/mol. The van der Waals surface area contributed by atoms with Crippen molar-refractivity contribution in [2.45, 2.75) is 38.3 Å². The van der Waals surface area contributed by atoms with Crippen LogP contribution in [-0.4, -0.2) is 41.5 Å². The van der Waals surface area contributed by atoms with Gasteiger partial charge in [0.05, 0.1) is 24.2 Å². The van der Waals surface area contributed by atoms with Gasteiger partial charge in [0.1, 0.15) is 5.69 Å². The third-order valence-corrected chi connectivity index (χ3v) is 5.69. The van der Waals surface area contributed by atoms with Crippen LogP contribution in [0.3, 0.4) is 0 Å². The molecule has 2 aliphatic heterocycles. The average Bonchev–Trinajstić information content (AvgIpc) is 3.11. The molecule has 2 aromatic rings. The molecule has 2 atom stereocenters. The third kappa shape index (κ3) is 4.09. The lowest BCUT2D eigenvalue weighted by Crippen LogP contribution is -2.41. The maximum absolute atomic E-state index is 12.9. The first-order valence-electron chi connectivity index (χ1n) is 10.2. The predicted molar refractivity (Wildman–Crippen MR) is 112 cm³/mol. The van der Waals surface area contributed by atoms with Crippen LogP contribution in [-0.2, 0) is 4.79 Å². The second-order valence-electron chi connectivity index (χ2n) is 7.59. The number of para-hydroxylation sites is 2. The van der Waals surface area contributed by atoms with Gasteiger partial charge in [-0.3, -0.25) is 19.8 Å². The van der Waals surface area contributed by atoms with Crippen molar-refractivity contribution in [2.24, 2.45) is 0 Å². The van der Waals surface area contributed by atoms with Crippen molar-refractivity contribution in [3.05, 3.63) is 58.1 Å². The predicted octanol–water partition coefficient (Wildman–Crippen LogP) is 3.92. The molecule has 2 aliphatic rings. The minimum atomic E-state index is -0.489. The molecule has 2 aromatic carbocycles. The van der Waals surface area contributed by atoms with Gasteiger partial charge in [0.25, 0.3) is 5.69 Å². The Balaban J connectivity index is 1.51. The summed E-state index contributed by atoms with van der Waals surface area (Å²) in [5.74, 6) is 1.24. The van der Waals surface area contributed by atoms with Gasteiger partial charge in [-0.05, 0) is 50.1 Å². The van der Waals surface area contributed by atoms with E-state index >= 15 is 0 Å². The van der Waals surface area contributed by atoms with Crippen LogP contribution in [0, 0.1) is 10.1 Å². The molecular weight excluding hydrogens is 386 g/mol. The number of hydrogen-bond donors (Lipinski definition) is 1.